The third-order valence-electron chi connectivity index (χ3n) is 1.04. The van der Waals surface area contributed by atoms with Gasteiger partial charge in [0.15, 0.2) is 5.78 Å². The van der Waals surface area contributed by atoms with E-state index in [-0.39, 0.29) is 5.78 Å². The molecule has 0 spiro atoms. The van der Waals surface area contributed by atoms with E-state index in [1.165, 1.54) is 11.5 Å². The van der Waals surface area contributed by atoms with Crippen molar-refractivity contribution >= 4 is 17.3 Å². The molecule has 1 rings (SSSR count). The molecule has 0 aliphatic heterocycles. The van der Waals surface area contributed by atoms with Gasteiger partial charge in [0.05, 0.1) is 0 Å². The molecular formula is C6H7NOS. The molecule has 0 fully saturated rings. The van der Waals surface area contributed by atoms with E-state index in [9.17, 15) is 4.79 Å². The molecule has 0 radical (unpaired) electrons. The van der Waals surface area contributed by atoms with Gasteiger partial charge in [0, 0.05) is 11.8 Å². The van der Waals surface area contributed by atoms with Crippen molar-refractivity contribution in [3.63, 3.8) is 0 Å². The van der Waals surface area contributed by atoms with Crippen LogP contribution in [0.5, 0.6) is 0 Å². The Kier molecular flexibility index (Phi) is 1.95. The zero-order chi connectivity index (χ0) is 6.69. The van der Waals surface area contributed by atoms with Crippen LogP contribution in [0.3, 0.4) is 0 Å². The Bertz CT molecular complexity index is 193. The molecule has 0 saturated heterocycles. The van der Waals surface area contributed by atoms with Crippen LogP contribution in [0.25, 0.3) is 0 Å². The summed E-state index contributed by atoms with van der Waals surface area (Å²) in [6, 6.07) is 1.75. The second-order valence-corrected chi connectivity index (χ2v) is 2.33. The highest BCUT2D eigenvalue weighted by molar-refractivity contribution is 7.03. The molecule has 1 aromatic heterocycles. The SMILES string of the molecule is CCC(=O)c1ccsn1. The number of ketones is 1. The largest absolute Gasteiger partial charge is 0.292 e. The third kappa shape index (κ3) is 1.36. The highest BCUT2D eigenvalue weighted by Gasteiger charge is 2.02. The second kappa shape index (κ2) is 2.73. The summed E-state index contributed by atoms with van der Waals surface area (Å²) in [5, 5.41) is 1.81. The van der Waals surface area contributed by atoms with Crippen LogP contribution in [0.15, 0.2) is 11.4 Å². The number of carbonyl (C=O) groups excluding carboxylic acids is 1. The topological polar surface area (TPSA) is 30.0 Å². The Hall–Kier alpha value is -0.700. The molecule has 1 heterocycles. The lowest BCUT2D eigenvalue weighted by molar-refractivity contribution is 0.0984. The minimum atomic E-state index is 0.122. The molecule has 2 nitrogen and oxygen atoms in total. The van der Waals surface area contributed by atoms with Gasteiger partial charge in [0.25, 0.3) is 0 Å². The van der Waals surface area contributed by atoms with Gasteiger partial charge >= 0.3 is 0 Å². The number of Topliss-reactive ketones (excluding diaryl/α,β-unsaturated/α-hetero) is 1. The van der Waals surface area contributed by atoms with Crippen LogP contribution in [0.2, 0.25) is 0 Å². The van der Waals surface area contributed by atoms with E-state index in [1.54, 1.807) is 6.07 Å². The Labute approximate surface area is 57.7 Å². The number of rotatable bonds is 2. The first-order chi connectivity index (χ1) is 4.34. The Morgan fingerprint density at radius 3 is 3.11 bits per heavy atom. The van der Waals surface area contributed by atoms with Crippen molar-refractivity contribution in [2.24, 2.45) is 0 Å². The minimum Gasteiger partial charge on any atom is -0.292 e. The summed E-state index contributed by atoms with van der Waals surface area (Å²) < 4.78 is 3.88. The van der Waals surface area contributed by atoms with Crippen molar-refractivity contribution in [1.29, 1.82) is 0 Å². The summed E-state index contributed by atoms with van der Waals surface area (Å²) in [6.45, 7) is 1.84. The van der Waals surface area contributed by atoms with Gasteiger partial charge in [-0.25, -0.2) is 0 Å². The first-order valence-electron chi connectivity index (χ1n) is 2.78. The van der Waals surface area contributed by atoms with Crippen molar-refractivity contribution in [2.75, 3.05) is 0 Å². The van der Waals surface area contributed by atoms with Gasteiger partial charge < -0.3 is 0 Å². The average Bonchev–Trinajstić information content (AvgIpc) is 2.37. The van der Waals surface area contributed by atoms with Gasteiger partial charge in [0.2, 0.25) is 0 Å². The maximum atomic E-state index is 10.8. The lowest BCUT2D eigenvalue weighted by Crippen LogP contribution is -1.94. The molecule has 0 atom stereocenters. The fraction of sp³-hybridized carbons (Fsp3) is 0.333. The third-order valence-corrected chi connectivity index (χ3v) is 1.60. The first kappa shape index (κ1) is 6.42. The predicted molar refractivity (Wildman–Crippen MR) is 36.7 cm³/mol. The monoisotopic (exact) mass is 141 g/mol. The molecule has 1 aromatic rings. The fourth-order valence-electron chi connectivity index (χ4n) is 0.537. The summed E-state index contributed by atoms with van der Waals surface area (Å²) in [6.07, 6.45) is 0.545. The highest BCUT2D eigenvalue weighted by atomic mass is 32.1. The van der Waals surface area contributed by atoms with E-state index in [4.69, 9.17) is 0 Å². The maximum absolute atomic E-state index is 10.8. The molecule has 0 aliphatic carbocycles. The molecule has 0 bridgehead atoms. The molecule has 0 aliphatic rings. The molecule has 48 valence electrons. The van der Waals surface area contributed by atoms with Gasteiger partial charge in [-0.3, -0.25) is 4.79 Å². The molecular weight excluding hydrogens is 134 g/mol. The van der Waals surface area contributed by atoms with Gasteiger partial charge in [0.1, 0.15) is 5.69 Å². The van der Waals surface area contributed by atoms with Crippen LogP contribution in [0.4, 0.5) is 0 Å². The smallest absolute Gasteiger partial charge is 0.181 e. The van der Waals surface area contributed by atoms with Crippen LogP contribution < -0.4 is 0 Å². The Balaban J connectivity index is 2.77. The summed E-state index contributed by atoms with van der Waals surface area (Å²) in [5.74, 6) is 0.122. The van der Waals surface area contributed by atoms with Crippen LogP contribution in [-0.2, 0) is 0 Å². The molecule has 0 amide bonds. The second-order valence-electron chi connectivity index (χ2n) is 1.66. The van der Waals surface area contributed by atoms with E-state index in [0.29, 0.717) is 12.1 Å². The van der Waals surface area contributed by atoms with E-state index in [1.807, 2.05) is 12.3 Å². The summed E-state index contributed by atoms with van der Waals surface area (Å²) >= 11 is 1.31. The quantitative estimate of drug-likeness (QED) is 0.587. The number of carbonyl (C=O) groups is 1. The van der Waals surface area contributed by atoms with Crippen molar-refractivity contribution < 1.29 is 4.79 Å². The molecule has 0 saturated carbocycles. The van der Waals surface area contributed by atoms with Crippen molar-refractivity contribution in [3.05, 3.63) is 17.1 Å². The molecule has 0 unspecified atom stereocenters. The number of aromatic nitrogens is 1. The zero-order valence-electron chi connectivity index (χ0n) is 5.13. The maximum Gasteiger partial charge on any atom is 0.181 e. The van der Waals surface area contributed by atoms with Gasteiger partial charge in [-0.05, 0) is 17.6 Å². The highest BCUT2D eigenvalue weighted by Crippen LogP contribution is 2.02. The standard InChI is InChI=1S/C6H7NOS/c1-2-6(8)5-3-4-9-7-5/h3-4H,2H2,1H3. The number of hydrogen-bond acceptors (Lipinski definition) is 3. The first-order valence-corrected chi connectivity index (χ1v) is 3.62. The number of hydrogen-bond donors (Lipinski definition) is 0. The van der Waals surface area contributed by atoms with Gasteiger partial charge in [-0.15, -0.1) is 0 Å². The Morgan fingerprint density at radius 1 is 1.89 bits per heavy atom. The summed E-state index contributed by atoms with van der Waals surface area (Å²) in [5.41, 5.74) is 0.600. The Morgan fingerprint density at radius 2 is 2.67 bits per heavy atom. The van der Waals surface area contributed by atoms with Crippen LogP contribution >= 0.6 is 11.5 Å². The summed E-state index contributed by atoms with van der Waals surface area (Å²) in [7, 11) is 0. The summed E-state index contributed by atoms with van der Waals surface area (Å²) in [4.78, 5) is 10.8. The normalized spacial score (nSPS) is 9.44. The van der Waals surface area contributed by atoms with E-state index in [2.05, 4.69) is 4.37 Å². The molecule has 0 aromatic carbocycles. The fourth-order valence-corrected chi connectivity index (χ4v) is 1.06. The van der Waals surface area contributed by atoms with E-state index < -0.39 is 0 Å². The van der Waals surface area contributed by atoms with Crippen molar-refractivity contribution in [1.82, 2.24) is 4.37 Å². The van der Waals surface area contributed by atoms with Crippen LogP contribution in [0.1, 0.15) is 23.8 Å². The van der Waals surface area contributed by atoms with Crippen LogP contribution in [0, 0.1) is 0 Å². The molecule has 3 heteroatoms. The van der Waals surface area contributed by atoms with Crippen molar-refractivity contribution in [2.45, 2.75) is 13.3 Å². The molecule has 0 N–H and O–H groups in total. The predicted octanol–water partition coefficient (Wildman–Crippen LogP) is 1.74. The zero-order valence-corrected chi connectivity index (χ0v) is 5.94. The van der Waals surface area contributed by atoms with E-state index >= 15 is 0 Å². The van der Waals surface area contributed by atoms with Crippen LogP contribution in [-0.4, -0.2) is 10.2 Å². The van der Waals surface area contributed by atoms with Gasteiger partial charge in [-0.1, -0.05) is 6.92 Å². The number of nitrogens with zero attached hydrogens (tertiary/aromatic N) is 1. The van der Waals surface area contributed by atoms with Crippen molar-refractivity contribution in [3.8, 4) is 0 Å². The lowest BCUT2D eigenvalue weighted by Gasteiger charge is -1.85. The van der Waals surface area contributed by atoms with E-state index in [0.717, 1.165) is 0 Å². The molecule has 9 heavy (non-hydrogen) atoms. The average molecular weight is 141 g/mol. The minimum absolute atomic E-state index is 0.122. The van der Waals surface area contributed by atoms with Gasteiger partial charge in [-0.2, -0.15) is 4.37 Å². The lowest BCUT2D eigenvalue weighted by atomic mass is 10.2.